The normalized spacial score (nSPS) is 13.7. The second kappa shape index (κ2) is 9.20. The van der Waals surface area contributed by atoms with Crippen LogP contribution in [0.2, 0.25) is 0 Å². The number of thioether (sulfide) groups is 1. The van der Waals surface area contributed by atoms with E-state index < -0.39 is 5.54 Å². The molecule has 0 spiro atoms. The molecule has 1 N–H and O–H groups in total. The smallest absolute Gasteiger partial charge is 0.326 e. The van der Waals surface area contributed by atoms with Crippen LogP contribution in [0.4, 0.5) is 0 Å². The van der Waals surface area contributed by atoms with Crippen LogP contribution in [0, 0.1) is 0 Å². The Morgan fingerprint density at radius 1 is 1.32 bits per heavy atom. The van der Waals surface area contributed by atoms with E-state index in [1.54, 1.807) is 25.9 Å². The molecule has 0 aliphatic rings. The lowest BCUT2D eigenvalue weighted by Gasteiger charge is -2.28. The fraction of sp³-hybridized carbons (Fsp3) is 0.846. The number of carbonyl (C=O) groups is 2. The maximum atomic E-state index is 11.9. The molecule has 0 bridgehead atoms. The van der Waals surface area contributed by atoms with Gasteiger partial charge in [-0.2, -0.15) is 11.8 Å². The highest BCUT2D eigenvalue weighted by atomic mass is 32.2. The molecule has 0 rings (SSSR count). The van der Waals surface area contributed by atoms with E-state index in [-0.39, 0.29) is 11.9 Å². The summed E-state index contributed by atoms with van der Waals surface area (Å²) in [6.07, 6.45) is 0.644. The van der Waals surface area contributed by atoms with Crippen molar-refractivity contribution in [1.29, 1.82) is 0 Å². The Morgan fingerprint density at radius 3 is 2.42 bits per heavy atom. The molecule has 5 nitrogen and oxygen atoms in total. The van der Waals surface area contributed by atoms with E-state index >= 15 is 0 Å². The van der Waals surface area contributed by atoms with E-state index in [4.69, 9.17) is 4.74 Å². The Bertz CT molecular complexity index is 298. The third-order valence-electron chi connectivity index (χ3n) is 2.76. The molecule has 1 amide bonds. The highest BCUT2D eigenvalue weighted by Crippen LogP contribution is 2.16. The van der Waals surface area contributed by atoms with Gasteiger partial charge in [-0.05, 0) is 32.6 Å². The molecule has 0 aromatic heterocycles. The second-order valence-corrected chi connectivity index (χ2v) is 5.78. The van der Waals surface area contributed by atoms with Crippen molar-refractivity contribution in [3.8, 4) is 0 Å². The summed E-state index contributed by atoms with van der Waals surface area (Å²) >= 11 is 1.54. The van der Waals surface area contributed by atoms with E-state index in [1.165, 1.54) is 11.8 Å². The summed E-state index contributed by atoms with van der Waals surface area (Å²) in [5.74, 6) is 1.04. The predicted octanol–water partition coefficient (Wildman–Crippen LogP) is 1.13. The van der Waals surface area contributed by atoms with Gasteiger partial charge in [-0.15, -0.1) is 0 Å². The number of likely N-dealkylation sites (N-methyl/N-ethyl adjacent to an activating group) is 1. The monoisotopic (exact) mass is 290 g/mol. The minimum Gasteiger partial charge on any atom is -0.465 e. The maximum Gasteiger partial charge on any atom is 0.326 e. The molecular weight excluding hydrogens is 264 g/mol. The van der Waals surface area contributed by atoms with Crippen LogP contribution in [0.25, 0.3) is 0 Å². The molecule has 19 heavy (non-hydrogen) atoms. The number of amides is 1. The summed E-state index contributed by atoms with van der Waals surface area (Å²) in [5.41, 5.74) is -0.668. The molecule has 0 saturated heterocycles. The lowest BCUT2D eigenvalue weighted by molar-refractivity contribution is -0.150. The van der Waals surface area contributed by atoms with Gasteiger partial charge in [-0.3, -0.25) is 9.59 Å². The standard InChI is InChI=1S/C13H26N2O3S/c1-6-14-13(3,12(17)18-7-2)8-9-19-10-11(16)15(4)5/h14H,6-10H2,1-5H3. The Morgan fingerprint density at radius 2 is 1.95 bits per heavy atom. The number of esters is 1. The van der Waals surface area contributed by atoms with E-state index in [0.29, 0.717) is 25.3 Å². The summed E-state index contributed by atoms with van der Waals surface area (Å²) in [5, 5.41) is 3.17. The fourth-order valence-electron chi connectivity index (χ4n) is 1.51. The van der Waals surface area contributed by atoms with Crippen molar-refractivity contribution < 1.29 is 14.3 Å². The van der Waals surface area contributed by atoms with Gasteiger partial charge in [-0.25, -0.2) is 0 Å². The molecule has 0 saturated carbocycles. The minimum absolute atomic E-state index is 0.0892. The molecule has 0 aliphatic carbocycles. The first-order chi connectivity index (χ1) is 8.87. The van der Waals surface area contributed by atoms with Gasteiger partial charge in [0.2, 0.25) is 5.91 Å². The quantitative estimate of drug-likeness (QED) is 0.509. The third-order valence-corrected chi connectivity index (χ3v) is 3.71. The Hall–Kier alpha value is -0.750. The van der Waals surface area contributed by atoms with Crippen LogP contribution in [-0.4, -0.2) is 61.1 Å². The van der Waals surface area contributed by atoms with E-state index in [1.807, 2.05) is 13.8 Å². The van der Waals surface area contributed by atoms with E-state index in [9.17, 15) is 9.59 Å². The number of hydrogen-bond donors (Lipinski definition) is 1. The zero-order valence-electron chi connectivity index (χ0n) is 12.6. The molecule has 6 heteroatoms. The van der Waals surface area contributed by atoms with Crippen molar-refractivity contribution in [3.05, 3.63) is 0 Å². The van der Waals surface area contributed by atoms with Crippen LogP contribution in [0.15, 0.2) is 0 Å². The molecule has 0 radical (unpaired) electrons. The molecule has 1 unspecified atom stereocenters. The van der Waals surface area contributed by atoms with Crippen LogP contribution in [0.3, 0.4) is 0 Å². The zero-order valence-corrected chi connectivity index (χ0v) is 13.4. The second-order valence-electron chi connectivity index (χ2n) is 4.67. The van der Waals surface area contributed by atoms with Crippen molar-refractivity contribution in [2.45, 2.75) is 32.7 Å². The number of nitrogens with one attached hydrogen (secondary N) is 1. The summed E-state index contributed by atoms with van der Waals surface area (Å²) in [7, 11) is 3.48. The summed E-state index contributed by atoms with van der Waals surface area (Å²) in [6.45, 7) is 6.69. The van der Waals surface area contributed by atoms with Crippen LogP contribution in [0.5, 0.6) is 0 Å². The number of hydrogen-bond acceptors (Lipinski definition) is 5. The first kappa shape index (κ1) is 18.2. The van der Waals surface area contributed by atoms with Gasteiger partial charge in [-0.1, -0.05) is 6.92 Å². The Balaban J connectivity index is 4.21. The summed E-state index contributed by atoms with van der Waals surface area (Å²) in [6, 6.07) is 0. The number of carbonyl (C=O) groups excluding carboxylic acids is 2. The average Bonchev–Trinajstić information content (AvgIpc) is 2.34. The molecule has 0 aromatic carbocycles. The molecule has 0 aliphatic heterocycles. The van der Waals surface area contributed by atoms with Crippen molar-refractivity contribution in [2.75, 3.05) is 38.8 Å². The Labute approximate surface area is 120 Å². The first-order valence-corrected chi connectivity index (χ1v) is 7.73. The largest absolute Gasteiger partial charge is 0.465 e. The molecule has 0 fully saturated rings. The molecule has 1 atom stereocenters. The van der Waals surface area contributed by atoms with Crippen molar-refractivity contribution >= 4 is 23.6 Å². The molecule has 0 aromatic rings. The van der Waals surface area contributed by atoms with Gasteiger partial charge in [0.1, 0.15) is 5.54 Å². The topological polar surface area (TPSA) is 58.6 Å². The summed E-state index contributed by atoms with van der Waals surface area (Å²) < 4.78 is 5.09. The number of ether oxygens (including phenoxy) is 1. The van der Waals surface area contributed by atoms with Crippen LogP contribution < -0.4 is 5.32 Å². The van der Waals surface area contributed by atoms with E-state index in [2.05, 4.69) is 5.32 Å². The Kier molecular flexibility index (Phi) is 8.84. The number of nitrogens with zero attached hydrogens (tertiary/aromatic N) is 1. The molecular formula is C13H26N2O3S. The van der Waals surface area contributed by atoms with Crippen LogP contribution in [0.1, 0.15) is 27.2 Å². The lowest BCUT2D eigenvalue weighted by atomic mass is 9.99. The lowest BCUT2D eigenvalue weighted by Crippen LogP contribution is -2.50. The van der Waals surface area contributed by atoms with Crippen LogP contribution in [-0.2, 0) is 14.3 Å². The van der Waals surface area contributed by atoms with Gasteiger partial charge >= 0.3 is 5.97 Å². The highest BCUT2D eigenvalue weighted by molar-refractivity contribution is 7.99. The van der Waals surface area contributed by atoms with E-state index in [0.717, 1.165) is 5.75 Å². The van der Waals surface area contributed by atoms with Gasteiger partial charge < -0.3 is 15.0 Å². The van der Waals surface area contributed by atoms with Crippen molar-refractivity contribution in [2.24, 2.45) is 0 Å². The van der Waals surface area contributed by atoms with Crippen molar-refractivity contribution in [1.82, 2.24) is 10.2 Å². The zero-order chi connectivity index (χ0) is 14.9. The highest BCUT2D eigenvalue weighted by Gasteiger charge is 2.33. The van der Waals surface area contributed by atoms with Gasteiger partial charge in [0.05, 0.1) is 12.4 Å². The minimum atomic E-state index is -0.668. The summed E-state index contributed by atoms with van der Waals surface area (Å²) in [4.78, 5) is 24.9. The SMILES string of the molecule is CCNC(C)(CCSCC(=O)N(C)C)C(=O)OCC. The first-order valence-electron chi connectivity index (χ1n) is 6.57. The fourth-order valence-corrected chi connectivity index (χ4v) is 2.64. The van der Waals surface area contributed by atoms with Gasteiger partial charge in [0.25, 0.3) is 0 Å². The molecule has 112 valence electrons. The van der Waals surface area contributed by atoms with Gasteiger partial charge in [0.15, 0.2) is 0 Å². The molecule has 0 heterocycles. The van der Waals surface area contributed by atoms with Crippen LogP contribution >= 0.6 is 11.8 Å². The number of rotatable bonds is 9. The average molecular weight is 290 g/mol. The maximum absolute atomic E-state index is 11.9. The van der Waals surface area contributed by atoms with Crippen molar-refractivity contribution in [3.63, 3.8) is 0 Å². The van der Waals surface area contributed by atoms with Gasteiger partial charge in [0, 0.05) is 14.1 Å². The third kappa shape index (κ3) is 6.82. The predicted molar refractivity (Wildman–Crippen MR) is 79.4 cm³/mol.